The summed E-state index contributed by atoms with van der Waals surface area (Å²) in [6.07, 6.45) is 24.5. The molecular formula is C66H56N4. The topological polar surface area (TPSA) is 45.7 Å². The highest BCUT2D eigenvalue weighted by Crippen LogP contribution is 2.43. The van der Waals surface area contributed by atoms with Crippen molar-refractivity contribution >= 4 is 60.8 Å². The minimum absolute atomic E-state index is 0.316. The average Bonchev–Trinajstić information content (AvgIpc) is 3.94. The van der Waals surface area contributed by atoms with Crippen LogP contribution in [0.1, 0.15) is 55.7 Å². The second-order valence-corrected chi connectivity index (χ2v) is 19.1. The maximum absolute atomic E-state index is 9.97. The van der Waals surface area contributed by atoms with Crippen molar-refractivity contribution < 1.29 is 0 Å². The molecule has 0 spiro atoms. The smallest absolute Gasteiger partial charge is 0.204 e. The van der Waals surface area contributed by atoms with E-state index in [2.05, 4.69) is 241 Å². The Balaban J connectivity index is 0.923. The van der Waals surface area contributed by atoms with Gasteiger partial charge in [-0.1, -0.05) is 182 Å². The van der Waals surface area contributed by atoms with Crippen LogP contribution in [-0.4, -0.2) is 15.1 Å². The van der Waals surface area contributed by atoms with Crippen molar-refractivity contribution in [1.29, 1.82) is 5.41 Å². The van der Waals surface area contributed by atoms with Gasteiger partial charge < -0.3 is 9.88 Å². The van der Waals surface area contributed by atoms with Crippen LogP contribution in [0.15, 0.2) is 235 Å². The van der Waals surface area contributed by atoms with Crippen LogP contribution in [0.5, 0.6) is 0 Å². The fourth-order valence-electron chi connectivity index (χ4n) is 11.3. The van der Waals surface area contributed by atoms with Crippen LogP contribution in [0, 0.1) is 18.3 Å². The number of allylic oxidation sites excluding steroid dienone is 12. The lowest BCUT2D eigenvalue weighted by atomic mass is 9.86. The molecule has 0 bridgehead atoms. The Kier molecular flexibility index (Phi) is 11.3. The van der Waals surface area contributed by atoms with Crippen molar-refractivity contribution in [3.05, 3.63) is 252 Å². The number of hydrogen-bond acceptors (Lipinski definition) is 1. The van der Waals surface area contributed by atoms with Gasteiger partial charge in [0.15, 0.2) is 0 Å². The van der Waals surface area contributed by atoms with Gasteiger partial charge in [-0.25, -0.2) is 0 Å². The van der Waals surface area contributed by atoms with Gasteiger partial charge in [0, 0.05) is 38.9 Å². The van der Waals surface area contributed by atoms with E-state index in [1.54, 1.807) is 0 Å². The van der Waals surface area contributed by atoms with Gasteiger partial charge in [-0.05, 0) is 144 Å². The molecule has 340 valence electrons. The van der Waals surface area contributed by atoms with Crippen molar-refractivity contribution in [2.45, 2.75) is 52.4 Å². The van der Waals surface area contributed by atoms with Crippen LogP contribution < -0.4 is 5.32 Å². The van der Waals surface area contributed by atoms with Crippen LogP contribution >= 0.6 is 0 Å². The van der Waals surface area contributed by atoms with E-state index in [1.165, 1.54) is 72.0 Å². The van der Waals surface area contributed by atoms with Gasteiger partial charge >= 0.3 is 0 Å². The van der Waals surface area contributed by atoms with Crippen molar-refractivity contribution in [3.8, 4) is 22.3 Å². The number of hydrogen-bond donors (Lipinski definition) is 2. The Bertz CT molecular complexity index is 3760. The van der Waals surface area contributed by atoms with Crippen molar-refractivity contribution in [2.75, 3.05) is 0 Å². The zero-order valence-corrected chi connectivity index (χ0v) is 39.9. The monoisotopic (exact) mass is 904 g/mol. The lowest BCUT2D eigenvalue weighted by molar-refractivity contribution is 0.763. The first-order chi connectivity index (χ1) is 34.5. The van der Waals surface area contributed by atoms with E-state index in [0.29, 0.717) is 11.9 Å². The highest BCUT2D eigenvalue weighted by atomic mass is 15.2. The third-order valence-corrected chi connectivity index (χ3v) is 14.9. The molecule has 4 heteroatoms. The summed E-state index contributed by atoms with van der Waals surface area (Å²) in [7, 11) is 0. The van der Waals surface area contributed by atoms with Gasteiger partial charge in [0.25, 0.3) is 0 Å². The number of para-hydroxylation sites is 2. The third kappa shape index (κ3) is 7.80. The molecule has 0 radical (unpaired) electrons. The van der Waals surface area contributed by atoms with Crippen LogP contribution in [0.4, 0.5) is 0 Å². The quantitative estimate of drug-likeness (QED) is 0.110. The van der Waals surface area contributed by atoms with Crippen LogP contribution in [0.2, 0.25) is 0 Å². The molecule has 1 unspecified atom stereocenters. The summed E-state index contributed by atoms with van der Waals surface area (Å²) >= 11 is 0. The highest BCUT2D eigenvalue weighted by molar-refractivity contribution is 6.20. The van der Waals surface area contributed by atoms with E-state index in [0.717, 1.165) is 82.7 Å². The number of nitrogens with zero attached hydrogens (tertiary/aromatic N) is 2. The number of fused-ring (bicyclic) bond motifs is 6. The first-order valence-corrected chi connectivity index (χ1v) is 25.0. The summed E-state index contributed by atoms with van der Waals surface area (Å²) in [5.74, 6) is 0.677. The molecule has 9 aromatic rings. The molecule has 2 heterocycles. The van der Waals surface area contributed by atoms with Gasteiger partial charge in [0.2, 0.25) is 5.96 Å². The zero-order valence-electron chi connectivity index (χ0n) is 39.9. The van der Waals surface area contributed by atoms with E-state index in [9.17, 15) is 5.41 Å². The summed E-state index contributed by atoms with van der Waals surface area (Å²) in [5, 5.41) is 18.4. The van der Waals surface area contributed by atoms with Crippen molar-refractivity contribution in [2.24, 2.45) is 5.92 Å². The zero-order chi connectivity index (χ0) is 47.1. The lowest BCUT2D eigenvalue weighted by Crippen LogP contribution is -2.29. The second kappa shape index (κ2) is 18.4. The molecule has 2 N–H and O–H groups in total. The van der Waals surface area contributed by atoms with Crippen LogP contribution in [-0.2, 0) is 6.42 Å². The minimum Gasteiger partial charge on any atom is -0.326 e. The van der Waals surface area contributed by atoms with Gasteiger partial charge in [0.05, 0.1) is 22.1 Å². The third-order valence-electron chi connectivity index (χ3n) is 14.9. The molecule has 4 nitrogen and oxygen atoms in total. The predicted molar refractivity (Wildman–Crippen MR) is 297 cm³/mol. The van der Waals surface area contributed by atoms with E-state index in [-0.39, 0.29) is 0 Å². The average molecular weight is 905 g/mol. The molecule has 0 fully saturated rings. The molecule has 12 rings (SSSR count). The normalized spacial score (nSPS) is 16.3. The first-order valence-electron chi connectivity index (χ1n) is 25.0. The largest absolute Gasteiger partial charge is 0.326 e. The first kappa shape index (κ1) is 43.1. The molecule has 0 amide bonds. The van der Waals surface area contributed by atoms with Crippen molar-refractivity contribution in [3.63, 3.8) is 0 Å². The number of aromatic nitrogens is 2. The Hall–Kier alpha value is -8.21. The number of aryl methyl sites for hydroxylation is 1. The minimum atomic E-state index is 0.316. The lowest BCUT2D eigenvalue weighted by Gasteiger charge is -2.23. The van der Waals surface area contributed by atoms with E-state index < -0.39 is 0 Å². The van der Waals surface area contributed by atoms with Gasteiger partial charge in [-0.2, -0.15) is 0 Å². The standard InChI is InChI=1S/C66H56N4/c1-44-17-9-10-22-53(44)54-25-15-29-60(45(54)2)69-61-27-13-11-23-56(61)58-43-52(40-42-63(58)69)55-26-16-30-64-65(55)57-24-12-14-28-62(57)70(64)66(67)68-59(51-38-36-50(37-39-51)48-20-7-4-8-21-48)41-33-46-31-34-49(35-32-46)47-18-5-3-6-19-47/h3,5-7,9-14,16-24,26-32,34-36,38-43,50H,4,8,15,25,33,37H2,1-2H3,(H2,67,68). The van der Waals surface area contributed by atoms with Gasteiger partial charge in [0.1, 0.15) is 0 Å². The molecule has 7 aromatic carbocycles. The van der Waals surface area contributed by atoms with E-state index >= 15 is 0 Å². The Labute approximate surface area is 410 Å². The Morgan fingerprint density at radius 2 is 1.33 bits per heavy atom. The molecule has 0 saturated heterocycles. The SMILES string of the molecule is CC1=C(c2ccccc2C)CCC=C1n1c2ccccc2c2cc(-c3cccc4c3c3ccccc3n4C(=N)NC(=CCc3ccc(-c4ccccc4)cc3)C3=CCC(C4=CCCC=C4)C=C3)ccc21. The maximum Gasteiger partial charge on any atom is 0.204 e. The van der Waals surface area contributed by atoms with Gasteiger partial charge in [-0.3, -0.25) is 9.98 Å². The van der Waals surface area contributed by atoms with Crippen LogP contribution in [0.25, 0.3) is 77.1 Å². The molecule has 3 aliphatic rings. The fraction of sp³-hybridized carbons (Fsp3) is 0.136. The summed E-state index contributed by atoms with van der Waals surface area (Å²) in [6.45, 7) is 4.53. The van der Waals surface area contributed by atoms with Gasteiger partial charge in [-0.15, -0.1) is 0 Å². The van der Waals surface area contributed by atoms with E-state index in [1.807, 2.05) is 0 Å². The summed E-state index contributed by atoms with van der Waals surface area (Å²) in [6, 6.07) is 59.3. The highest BCUT2D eigenvalue weighted by Gasteiger charge is 2.24. The predicted octanol–water partition coefficient (Wildman–Crippen LogP) is 16.9. The molecule has 70 heavy (non-hydrogen) atoms. The molecular weight excluding hydrogens is 849 g/mol. The number of nitrogens with one attached hydrogen (secondary N) is 2. The molecule has 0 aliphatic heterocycles. The summed E-state index contributed by atoms with van der Waals surface area (Å²) in [5.41, 5.74) is 20.5. The number of rotatable bonds is 9. The molecule has 3 aliphatic carbocycles. The maximum atomic E-state index is 9.97. The summed E-state index contributed by atoms with van der Waals surface area (Å²) in [4.78, 5) is 0. The Morgan fingerprint density at radius 1 is 0.614 bits per heavy atom. The van der Waals surface area contributed by atoms with Crippen LogP contribution in [0.3, 0.4) is 0 Å². The molecule has 1 atom stereocenters. The number of benzene rings is 7. The van der Waals surface area contributed by atoms with Crippen molar-refractivity contribution in [1.82, 2.24) is 14.5 Å². The fourth-order valence-corrected chi connectivity index (χ4v) is 11.3. The molecule has 0 saturated carbocycles. The second-order valence-electron chi connectivity index (χ2n) is 19.1. The van der Waals surface area contributed by atoms with E-state index in [4.69, 9.17) is 0 Å². The summed E-state index contributed by atoms with van der Waals surface area (Å²) < 4.78 is 4.60. The molecule has 2 aromatic heterocycles. The Morgan fingerprint density at radius 3 is 2.13 bits per heavy atom.